The van der Waals surface area contributed by atoms with E-state index in [0.717, 1.165) is 36.7 Å². The van der Waals surface area contributed by atoms with Crippen molar-refractivity contribution in [2.24, 2.45) is 0 Å². The van der Waals surface area contributed by atoms with E-state index in [4.69, 9.17) is 21.4 Å². The van der Waals surface area contributed by atoms with Crippen LogP contribution in [-0.4, -0.2) is 37.4 Å². The molecule has 0 atom stereocenters. The molecule has 0 amide bonds. The molecule has 4 nitrogen and oxygen atoms in total. The normalized spacial score (nSPS) is 14.7. The van der Waals surface area contributed by atoms with Crippen LogP contribution in [0.15, 0.2) is 24.3 Å². The van der Waals surface area contributed by atoms with Crippen molar-refractivity contribution >= 4 is 29.3 Å². The Morgan fingerprint density at radius 3 is 2.90 bits per heavy atom. The first-order chi connectivity index (χ1) is 9.63. The number of nitrogens with zero attached hydrogens (tertiary/aromatic N) is 1. The van der Waals surface area contributed by atoms with Crippen LogP contribution in [0, 0.1) is 0 Å². The first-order valence-corrected chi connectivity index (χ1v) is 6.96. The van der Waals surface area contributed by atoms with Gasteiger partial charge in [-0.05, 0) is 30.5 Å². The fourth-order valence-corrected chi connectivity index (χ4v) is 2.47. The molecule has 0 bridgehead atoms. The molecule has 20 heavy (non-hydrogen) atoms. The predicted octanol–water partition coefficient (Wildman–Crippen LogP) is 3.05. The smallest absolute Gasteiger partial charge is 0.328 e. The van der Waals surface area contributed by atoms with Gasteiger partial charge in [-0.2, -0.15) is 0 Å². The highest BCUT2D eigenvalue weighted by molar-refractivity contribution is 6.33. The summed E-state index contributed by atoms with van der Waals surface area (Å²) in [4.78, 5) is 12.9. The van der Waals surface area contributed by atoms with Gasteiger partial charge in [0.15, 0.2) is 0 Å². The van der Waals surface area contributed by atoms with Crippen molar-refractivity contribution in [3.8, 4) is 0 Å². The molecule has 0 aliphatic heterocycles. The molecule has 0 aromatic heterocycles. The molecule has 108 valence electrons. The fraction of sp³-hybridized carbons (Fsp3) is 0.400. The number of ether oxygens (including phenoxy) is 1. The Morgan fingerprint density at radius 2 is 2.30 bits per heavy atom. The van der Waals surface area contributed by atoms with Crippen LogP contribution in [-0.2, 0) is 9.53 Å². The van der Waals surface area contributed by atoms with E-state index < -0.39 is 5.97 Å². The summed E-state index contributed by atoms with van der Waals surface area (Å²) >= 11 is 6.33. The van der Waals surface area contributed by atoms with Crippen molar-refractivity contribution in [1.29, 1.82) is 0 Å². The summed E-state index contributed by atoms with van der Waals surface area (Å²) in [5.41, 5.74) is 1.72. The number of carboxylic acids is 1. The molecule has 1 fully saturated rings. The molecular weight excluding hydrogens is 278 g/mol. The first-order valence-electron chi connectivity index (χ1n) is 6.58. The van der Waals surface area contributed by atoms with Gasteiger partial charge < -0.3 is 14.7 Å². The summed E-state index contributed by atoms with van der Waals surface area (Å²) in [5, 5.41) is 9.42. The number of benzene rings is 1. The average Bonchev–Trinajstić information content (AvgIpc) is 3.23. The van der Waals surface area contributed by atoms with Gasteiger partial charge in [0.1, 0.15) is 0 Å². The molecule has 1 N–H and O–H groups in total. The average molecular weight is 296 g/mol. The largest absolute Gasteiger partial charge is 0.478 e. The van der Waals surface area contributed by atoms with Crippen LogP contribution in [0.1, 0.15) is 18.4 Å². The second kappa shape index (κ2) is 6.77. The second-order valence-corrected chi connectivity index (χ2v) is 5.17. The number of halogens is 1. The Balaban J connectivity index is 2.33. The van der Waals surface area contributed by atoms with E-state index in [1.807, 2.05) is 18.2 Å². The number of methoxy groups -OCH3 is 1. The predicted molar refractivity (Wildman–Crippen MR) is 80.4 cm³/mol. The molecule has 5 heteroatoms. The molecule has 1 aromatic carbocycles. The number of hydrogen-bond donors (Lipinski definition) is 1. The maximum Gasteiger partial charge on any atom is 0.328 e. The Hall–Kier alpha value is -1.52. The van der Waals surface area contributed by atoms with Crippen LogP contribution in [0.5, 0.6) is 0 Å². The zero-order chi connectivity index (χ0) is 14.5. The molecular formula is C15H18ClNO3. The van der Waals surface area contributed by atoms with Gasteiger partial charge in [0.05, 0.1) is 17.3 Å². The first kappa shape index (κ1) is 14.9. The molecule has 0 spiro atoms. The highest BCUT2D eigenvalue weighted by Crippen LogP contribution is 2.38. The third-order valence-electron chi connectivity index (χ3n) is 3.23. The highest BCUT2D eigenvalue weighted by atomic mass is 35.5. The van der Waals surface area contributed by atoms with E-state index in [1.165, 1.54) is 0 Å². The van der Waals surface area contributed by atoms with Crippen LogP contribution in [0.4, 0.5) is 5.69 Å². The minimum atomic E-state index is -0.967. The van der Waals surface area contributed by atoms with Gasteiger partial charge >= 0.3 is 5.97 Å². The van der Waals surface area contributed by atoms with Gasteiger partial charge in [-0.25, -0.2) is 4.79 Å². The standard InChI is InChI=1S/C15H18ClNO3/c1-20-10-9-17(12-6-7-12)15-11(5-8-14(18)19)3-2-4-13(15)16/h2-5,8,12H,6-7,9-10H2,1H3,(H,18,19)/b8-5+. The third kappa shape index (κ3) is 3.74. The Morgan fingerprint density at radius 1 is 1.55 bits per heavy atom. The molecule has 0 unspecified atom stereocenters. The van der Waals surface area contributed by atoms with Gasteiger partial charge in [0.25, 0.3) is 0 Å². The monoisotopic (exact) mass is 295 g/mol. The van der Waals surface area contributed by atoms with Crippen molar-refractivity contribution in [2.45, 2.75) is 18.9 Å². The number of hydrogen-bond acceptors (Lipinski definition) is 3. The number of aliphatic carboxylic acids is 1. The van der Waals surface area contributed by atoms with E-state index in [-0.39, 0.29) is 0 Å². The number of anilines is 1. The molecule has 0 radical (unpaired) electrons. The summed E-state index contributed by atoms with van der Waals surface area (Å²) in [6, 6.07) is 6.01. The van der Waals surface area contributed by atoms with Crippen LogP contribution < -0.4 is 4.90 Å². The Kier molecular flexibility index (Phi) is 5.04. The fourth-order valence-electron chi connectivity index (χ4n) is 2.18. The van der Waals surface area contributed by atoms with E-state index in [1.54, 1.807) is 13.2 Å². The number of rotatable bonds is 7. The lowest BCUT2D eigenvalue weighted by Gasteiger charge is -2.27. The SMILES string of the molecule is COCCN(c1c(Cl)cccc1/C=C/C(=O)O)C1CC1. The van der Waals surface area contributed by atoms with Crippen molar-refractivity contribution in [2.75, 3.05) is 25.2 Å². The summed E-state index contributed by atoms with van der Waals surface area (Å²) in [6.45, 7) is 1.36. The molecule has 2 rings (SSSR count). The van der Waals surface area contributed by atoms with Gasteiger partial charge in [-0.1, -0.05) is 23.7 Å². The van der Waals surface area contributed by atoms with Crippen LogP contribution in [0.2, 0.25) is 5.02 Å². The third-order valence-corrected chi connectivity index (χ3v) is 3.54. The quantitative estimate of drug-likeness (QED) is 0.786. The lowest BCUT2D eigenvalue weighted by Crippen LogP contribution is -2.30. The van der Waals surface area contributed by atoms with Gasteiger partial charge in [-0.15, -0.1) is 0 Å². The molecule has 1 aromatic rings. The molecule has 1 aliphatic rings. The Labute approximate surface area is 123 Å². The van der Waals surface area contributed by atoms with Crippen LogP contribution in [0.3, 0.4) is 0 Å². The minimum Gasteiger partial charge on any atom is -0.478 e. The minimum absolute atomic E-state index is 0.474. The highest BCUT2D eigenvalue weighted by Gasteiger charge is 2.31. The molecule has 0 heterocycles. The van der Waals surface area contributed by atoms with Crippen molar-refractivity contribution < 1.29 is 14.6 Å². The van der Waals surface area contributed by atoms with Crippen molar-refractivity contribution in [1.82, 2.24) is 0 Å². The van der Waals surface area contributed by atoms with Crippen molar-refractivity contribution in [3.05, 3.63) is 34.9 Å². The molecule has 1 aliphatic carbocycles. The lowest BCUT2D eigenvalue weighted by atomic mass is 10.1. The van der Waals surface area contributed by atoms with Gasteiger partial charge in [0, 0.05) is 25.8 Å². The summed E-state index contributed by atoms with van der Waals surface area (Å²) in [7, 11) is 1.67. The van der Waals surface area contributed by atoms with Gasteiger partial charge in [-0.3, -0.25) is 0 Å². The number of para-hydroxylation sites is 1. The number of carboxylic acid groups (broad SMARTS) is 1. The maximum atomic E-state index is 10.7. The maximum absolute atomic E-state index is 10.7. The van der Waals surface area contributed by atoms with E-state index in [2.05, 4.69) is 4.90 Å². The summed E-state index contributed by atoms with van der Waals surface area (Å²) < 4.78 is 5.15. The topological polar surface area (TPSA) is 49.8 Å². The zero-order valence-corrected chi connectivity index (χ0v) is 12.1. The summed E-state index contributed by atoms with van der Waals surface area (Å²) in [5.74, 6) is -0.967. The van der Waals surface area contributed by atoms with E-state index in [9.17, 15) is 4.79 Å². The van der Waals surface area contributed by atoms with Gasteiger partial charge in [0.2, 0.25) is 0 Å². The molecule has 0 saturated heterocycles. The van der Waals surface area contributed by atoms with Crippen LogP contribution in [0.25, 0.3) is 6.08 Å². The van der Waals surface area contributed by atoms with E-state index in [0.29, 0.717) is 17.7 Å². The van der Waals surface area contributed by atoms with Crippen molar-refractivity contribution in [3.63, 3.8) is 0 Å². The lowest BCUT2D eigenvalue weighted by molar-refractivity contribution is -0.131. The van der Waals surface area contributed by atoms with Crippen LogP contribution >= 0.6 is 11.6 Å². The van der Waals surface area contributed by atoms with E-state index >= 15 is 0 Å². The number of carbonyl (C=O) groups is 1. The summed E-state index contributed by atoms with van der Waals surface area (Å²) in [6.07, 6.45) is 5.00. The zero-order valence-electron chi connectivity index (χ0n) is 11.4. The Bertz CT molecular complexity index is 512. The second-order valence-electron chi connectivity index (χ2n) is 4.77. The molecule has 1 saturated carbocycles.